The molecule has 0 aliphatic heterocycles. The first-order chi connectivity index (χ1) is 8.97. The van der Waals surface area contributed by atoms with Crippen molar-refractivity contribution < 1.29 is 14.6 Å². The third-order valence-electron chi connectivity index (χ3n) is 2.49. The van der Waals surface area contributed by atoms with Gasteiger partial charge in [0, 0.05) is 0 Å². The number of benzene rings is 2. The molecule has 0 aliphatic carbocycles. The van der Waals surface area contributed by atoms with E-state index in [2.05, 4.69) is 15.9 Å². The van der Waals surface area contributed by atoms with Gasteiger partial charge in [0.25, 0.3) is 0 Å². The molecule has 0 saturated heterocycles. The molecule has 0 heterocycles. The summed E-state index contributed by atoms with van der Waals surface area (Å²) in [5.41, 5.74) is 1.23. The molecule has 0 bridgehead atoms. The highest BCUT2D eigenvalue weighted by Gasteiger charge is 2.10. The number of halogens is 2. The Bertz CT molecular complexity index is 641. The highest BCUT2D eigenvalue weighted by Crippen LogP contribution is 2.34. The summed E-state index contributed by atoms with van der Waals surface area (Å²) in [6.07, 6.45) is 0. The van der Waals surface area contributed by atoms with Gasteiger partial charge in [0.2, 0.25) is 0 Å². The number of carbonyl (C=O) groups is 1. The van der Waals surface area contributed by atoms with Crippen molar-refractivity contribution >= 4 is 33.5 Å². The van der Waals surface area contributed by atoms with Crippen LogP contribution in [0.1, 0.15) is 15.9 Å². The summed E-state index contributed by atoms with van der Waals surface area (Å²) in [7, 11) is 0. The molecule has 0 fully saturated rings. The Balaban J connectivity index is 2.31. The average Bonchev–Trinajstić information content (AvgIpc) is 2.34. The van der Waals surface area contributed by atoms with E-state index in [-0.39, 0.29) is 5.56 Å². The Morgan fingerprint density at radius 1 is 1.21 bits per heavy atom. The third-order valence-corrected chi connectivity index (χ3v) is 3.40. The Labute approximate surface area is 123 Å². The predicted octanol–water partition coefficient (Wildman–Crippen LogP) is 4.90. The fourth-order valence-corrected chi connectivity index (χ4v) is 2.26. The maximum atomic E-state index is 10.8. The molecule has 0 amide bonds. The zero-order chi connectivity index (χ0) is 14.0. The van der Waals surface area contributed by atoms with Crippen LogP contribution in [0.2, 0.25) is 5.02 Å². The Morgan fingerprint density at radius 2 is 1.89 bits per heavy atom. The topological polar surface area (TPSA) is 46.5 Å². The van der Waals surface area contributed by atoms with Crippen molar-refractivity contribution in [1.29, 1.82) is 0 Å². The molecular formula is C14H10BrClO3. The first kappa shape index (κ1) is 13.9. The normalized spacial score (nSPS) is 10.3. The molecule has 0 saturated carbocycles. The van der Waals surface area contributed by atoms with Gasteiger partial charge < -0.3 is 9.84 Å². The monoisotopic (exact) mass is 340 g/mol. The summed E-state index contributed by atoms with van der Waals surface area (Å²) < 4.78 is 6.22. The van der Waals surface area contributed by atoms with Gasteiger partial charge in [-0.15, -0.1) is 0 Å². The number of carboxylic acid groups (broad SMARTS) is 1. The fraction of sp³-hybridized carbons (Fsp3) is 0.0714. The van der Waals surface area contributed by atoms with Crippen molar-refractivity contribution in [3.05, 3.63) is 57.0 Å². The minimum Gasteiger partial charge on any atom is -0.478 e. The van der Waals surface area contributed by atoms with Gasteiger partial charge in [-0.05, 0) is 58.7 Å². The largest absolute Gasteiger partial charge is 0.478 e. The van der Waals surface area contributed by atoms with E-state index in [1.165, 1.54) is 12.1 Å². The van der Waals surface area contributed by atoms with Crippen molar-refractivity contribution in [3.63, 3.8) is 0 Å². The molecule has 0 atom stereocenters. The van der Waals surface area contributed by atoms with Gasteiger partial charge >= 0.3 is 5.97 Å². The Kier molecular flexibility index (Phi) is 4.12. The molecule has 0 aromatic heterocycles. The van der Waals surface area contributed by atoms with Crippen LogP contribution in [0, 0.1) is 6.92 Å². The van der Waals surface area contributed by atoms with Crippen LogP contribution >= 0.6 is 27.5 Å². The molecule has 3 nitrogen and oxygen atoms in total. The lowest BCUT2D eigenvalue weighted by molar-refractivity contribution is 0.0697. The summed E-state index contributed by atoms with van der Waals surface area (Å²) in [5, 5.41) is 9.39. The minimum absolute atomic E-state index is 0.189. The predicted molar refractivity (Wildman–Crippen MR) is 77.4 cm³/mol. The molecular weight excluding hydrogens is 332 g/mol. The SMILES string of the molecule is Cc1ccc(Oc2ccc(C(=O)O)cc2Br)c(Cl)c1. The van der Waals surface area contributed by atoms with Gasteiger partial charge in [0.15, 0.2) is 0 Å². The Hall–Kier alpha value is -1.52. The maximum absolute atomic E-state index is 10.8. The van der Waals surface area contributed by atoms with Gasteiger partial charge in [-0.1, -0.05) is 17.7 Å². The number of aromatic carboxylic acids is 1. The number of rotatable bonds is 3. The van der Waals surface area contributed by atoms with Crippen molar-refractivity contribution in [2.24, 2.45) is 0 Å². The van der Waals surface area contributed by atoms with Gasteiger partial charge in [-0.25, -0.2) is 4.79 Å². The van der Waals surface area contributed by atoms with Gasteiger partial charge in [-0.2, -0.15) is 0 Å². The van der Waals surface area contributed by atoms with Crippen LogP contribution in [0.15, 0.2) is 40.9 Å². The van der Waals surface area contributed by atoms with E-state index in [0.717, 1.165) is 5.56 Å². The van der Waals surface area contributed by atoms with Crippen LogP contribution in [0.3, 0.4) is 0 Å². The standard InChI is InChI=1S/C14H10BrClO3/c1-8-2-4-13(11(16)6-8)19-12-5-3-9(14(17)18)7-10(12)15/h2-7H,1H3,(H,17,18). The maximum Gasteiger partial charge on any atom is 0.335 e. The zero-order valence-electron chi connectivity index (χ0n) is 9.98. The molecule has 2 rings (SSSR count). The number of carboxylic acids is 1. The number of aryl methyl sites for hydroxylation is 1. The van der Waals surface area contributed by atoms with E-state index in [1.807, 2.05) is 13.0 Å². The van der Waals surface area contributed by atoms with E-state index in [0.29, 0.717) is 21.0 Å². The van der Waals surface area contributed by atoms with Gasteiger partial charge in [0.1, 0.15) is 11.5 Å². The van der Waals surface area contributed by atoms with Crippen LogP contribution in [0.25, 0.3) is 0 Å². The lowest BCUT2D eigenvalue weighted by Crippen LogP contribution is -1.96. The lowest BCUT2D eigenvalue weighted by atomic mass is 10.2. The molecule has 1 N–H and O–H groups in total. The molecule has 19 heavy (non-hydrogen) atoms. The molecule has 0 aliphatic rings. The minimum atomic E-state index is -0.986. The summed E-state index contributed by atoms with van der Waals surface area (Å²) in [4.78, 5) is 10.8. The lowest BCUT2D eigenvalue weighted by Gasteiger charge is -2.10. The van der Waals surface area contributed by atoms with E-state index in [1.54, 1.807) is 18.2 Å². The Morgan fingerprint density at radius 3 is 2.47 bits per heavy atom. The van der Waals surface area contributed by atoms with Crippen molar-refractivity contribution in [2.75, 3.05) is 0 Å². The van der Waals surface area contributed by atoms with Gasteiger partial charge in [-0.3, -0.25) is 0 Å². The molecule has 0 unspecified atom stereocenters. The van der Waals surface area contributed by atoms with Crippen molar-refractivity contribution in [3.8, 4) is 11.5 Å². The summed E-state index contributed by atoms with van der Waals surface area (Å²) in [5.74, 6) is 0.0485. The highest BCUT2D eigenvalue weighted by atomic mass is 79.9. The first-order valence-electron chi connectivity index (χ1n) is 5.44. The molecule has 98 valence electrons. The van der Waals surface area contributed by atoms with E-state index >= 15 is 0 Å². The van der Waals surface area contributed by atoms with Gasteiger partial charge in [0.05, 0.1) is 15.1 Å². The molecule has 2 aromatic rings. The van der Waals surface area contributed by atoms with Crippen molar-refractivity contribution in [1.82, 2.24) is 0 Å². The van der Waals surface area contributed by atoms with E-state index < -0.39 is 5.97 Å². The van der Waals surface area contributed by atoms with Crippen molar-refractivity contribution in [2.45, 2.75) is 6.92 Å². The van der Waals surface area contributed by atoms with Crippen LogP contribution in [-0.2, 0) is 0 Å². The van der Waals surface area contributed by atoms with E-state index in [9.17, 15) is 4.79 Å². The smallest absolute Gasteiger partial charge is 0.335 e. The molecule has 5 heteroatoms. The van der Waals surface area contributed by atoms with Crippen LogP contribution < -0.4 is 4.74 Å². The summed E-state index contributed by atoms with van der Waals surface area (Å²) in [6.45, 7) is 1.94. The van der Waals surface area contributed by atoms with Crippen LogP contribution in [-0.4, -0.2) is 11.1 Å². The molecule has 0 spiro atoms. The third kappa shape index (κ3) is 3.28. The molecule has 0 radical (unpaired) electrons. The van der Waals surface area contributed by atoms with Crippen LogP contribution in [0.4, 0.5) is 0 Å². The number of hydrogen-bond donors (Lipinski definition) is 1. The second-order valence-corrected chi connectivity index (χ2v) is 5.25. The summed E-state index contributed by atoms with van der Waals surface area (Å²) in [6, 6.07) is 10.0. The first-order valence-corrected chi connectivity index (χ1v) is 6.61. The van der Waals surface area contributed by atoms with E-state index in [4.69, 9.17) is 21.4 Å². The summed E-state index contributed by atoms with van der Waals surface area (Å²) >= 11 is 9.36. The number of ether oxygens (including phenoxy) is 1. The quantitative estimate of drug-likeness (QED) is 0.863. The number of hydrogen-bond acceptors (Lipinski definition) is 2. The highest BCUT2D eigenvalue weighted by molar-refractivity contribution is 9.10. The zero-order valence-corrected chi connectivity index (χ0v) is 12.3. The van der Waals surface area contributed by atoms with Crippen LogP contribution in [0.5, 0.6) is 11.5 Å². The second kappa shape index (κ2) is 5.63. The average molecular weight is 342 g/mol. The molecule has 2 aromatic carbocycles. The fourth-order valence-electron chi connectivity index (χ4n) is 1.52. The second-order valence-electron chi connectivity index (χ2n) is 3.99.